The molecule has 0 aliphatic carbocycles. The van der Waals surface area contributed by atoms with Crippen LogP contribution in [0, 0.1) is 0 Å². The number of amides is 1. The fraction of sp³-hybridized carbons (Fsp3) is 0. The zero-order valence-electron chi connectivity index (χ0n) is 11.4. The van der Waals surface area contributed by atoms with Gasteiger partial charge in [0.1, 0.15) is 5.82 Å². The summed E-state index contributed by atoms with van der Waals surface area (Å²) in [7, 11) is 0. The van der Waals surface area contributed by atoms with Gasteiger partial charge in [-0.1, -0.05) is 34.1 Å². The lowest BCUT2D eigenvalue weighted by atomic mass is 10.1. The van der Waals surface area contributed by atoms with E-state index >= 15 is 0 Å². The summed E-state index contributed by atoms with van der Waals surface area (Å²) >= 11 is 3.32. The molecule has 2 aromatic carbocycles. The zero-order chi connectivity index (χ0) is 15.9. The van der Waals surface area contributed by atoms with E-state index in [2.05, 4.69) is 15.9 Å². The van der Waals surface area contributed by atoms with Crippen LogP contribution in [0.2, 0.25) is 0 Å². The van der Waals surface area contributed by atoms with Crippen molar-refractivity contribution in [2.75, 3.05) is 5.73 Å². The van der Waals surface area contributed by atoms with Gasteiger partial charge in [0.2, 0.25) is 0 Å². The van der Waals surface area contributed by atoms with Crippen molar-refractivity contribution in [3.8, 4) is 0 Å². The number of halogens is 1. The van der Waals surface area contributed by atoms with Gasteiger partial charge >= 0.3 is 0 Å². The molecule has 0 unspecified atom stereocenters. The van der Waals surface area contributed by atoms with Crippen molar-refractivity contribution in [2.24, 2.45) is 5.73 Å². The van der Waals surface area contributed by atoms with Crippen LogP contribution in [0.3, 0.4) is 0 Å². The first-order valence-corrected chi connectivity index (χ1v) is 7.29. The normalized spacial score (nSPS) is 10.8. The van der Waals surface area contributed by atoms with Gasteiger partial charge in [0.15, 0.2) is 0 Å². The van der Waals surface area contributed by atoms with Crippen molar-refractivity contribution >= 4 is 44.5 Å². The highest BCUT2D eigenvalue weighted by atomic mass is 79.9. The lowest BCUT2D eigenvalue weighted by Crippen LogP contribution is -2.17. The number of rotatable bonds is 2. The molecule has 1 heterocycles. The maximum atomic E-state index is 12.7. The molecule has 1 amide bonds. The van der Waals surface area contributed by atoms with Crippen LogP contribution in [0.15, 0.2) is 53.0 Å². The smallest absolute Gasteiger partial charge is 0.263 e. The van der Waals surface area contributed by atoms with E-state index in [4.69, 9.17) is 11.5 Å². The van der Waals surface area contributed by atoms with Crippen LogP contribution in [0.5, 0.6) is 0 Å². The predicted octanol–water partition coefficient (Wildman–Crippen LogP) is 2.77. The Bertz CT molecular complexity index is 898. The van der Waals surface area contributed by atoms with Crippen molar-refractivity contribution in [3.63, 3.8) is 0 Å². The van der Waals surface area contributed by atoms with E-state index < -0.39 is 5.91 Å². The Labute approximate surface area is 134 Å². The summed E-state index contributed by atoms with van der Waals surface area (Å²) in [6.07, 6.45) is 0. The first kappa shape index (κ1) is 14.3. The van der Waals surface area contributed by atoms with Gasteiger partial charge in [0.05, 0.1) is 11.1 Å². The summed E-state index contributed by atoms with van der Waals surface area (Å²) in [5, 5.41) is 0.568. The van der Waals surface area contributed by atoms with E-state index in [0.29, 0.717) is 16.5 Å². The van der Waals surface area contributed by atoms with Crippen LogP contribution in [0.1, 0.15) is 20.7 Å². The van der Waals surface area contributed by atoms with Crippen LogP contribution in [0.4, 0.5) is 5.82 Å². The Morgan fingerprint density at radius 1 is 1.00 bits per heavy atom. The summed E-state index contributed by atoms with van der Waals surface area (Å²) in [6, 6.07) is 13.9. The molecule has 110 valence electrons. The first-order chi connectivity index (χ1) is 10.5. The molecule has 6 heteroatoms. The van der Waals surface area contributed by atoms with Gasteiger partial charge < -0.3 is 11.5 Å². The molecule has 4 N–H and O–H groups in total. The summed E-state index contributed by atoms with van der Waals surface area (Å²) in [5.41, 5.74) is 12.6. The maximum absolute atomic E-state index is 12.7. The number of carbonyl (C=O) groups is 2. The molecule has 0 aliphatic rings. The molecular weight excluding hydrogens is 346 g/mol. The molecule has 0 fully saturated rings. The second-order valence-corrected chi connectivity index (χ2v) is 5.70. The molecule has 0 atom stereocenters. The van der Waals surface area contributed by atoms with Crippen molar-refractivity contribution < 1.29 is 9.59 Å². The van der Waals surface area contributed by atoms with Crippen LogP contribution >= 0.6 is 15.9 Å². The van der Waals surface area contributed by atoms with Gasteiger partial charge in [-0.2, -0.15) is 0 Å². The molecular formula is C16H12BrN3O2. The first-order valence-electron chi connectivity index (χ1n) is 6.49. The molecule has 3 rings (SSSR count). The number of carbonyl (C=O) groups excluding carboxylic acids is 2. The highest BCUT2D eigenvalue weighted by Gasteiger charge is 2.22. The third-order valence-electron chi connectivity index (χ3n) is 3.45. The second-order valence-electron chi connectivity index (χ2n) is 4.79. The molecule has 0 spiro atoms. The van der Waals surface area contributed by atoms with Gasteiger partial charge in [-0.3, -0.25) is 14.2 Å². The average molecular weight is 358 g/mol. The zero-order valence-corrected chi connectivity index (χ0v) is 13.0. The van der Waals surface area contributed by atoms with Crippen LogP contribution < -0.4 is 11.5 Å². The Morgan fingerprint density at radius 3 is 2.27 bits per heavy atom. The Balaban J connectivity index is 2.27. The number of nitrogens with two attached hydrogens (primary N) is 2. The molecule has 0 saturated carbocycles. The predicted molar refractivity (Wildman–Crippen MR) is 88.7 cm³/mol. The highest BCUT2D eigenvalue weighted by molar-refractivity contribution is 9.10. The van der Waals surface area contributed by atoms with Crippen molar-refractivity contribution in [1.29, 1.82) is 0 Å². The summed E-state index contributed by atoms with van der Waals surface area (Å²) in [6.45, 7) is 0. The van der Waals surface area contributed by atoms with E-state index in [1.807, 2.05) is 0 Å². The maximum Gasteiger partial charge on any atom is 0.263 e. The number of anilines is 1. The number of aromatic nitrogens is 1. The summed E-state index contributed by atoms with van der Waals surface area (Å²) in [4.78, 5) is 24.4. The summed E-state index contributed by atoms with van der Waals surface area (Å²) in [5.74, 6) is -0.911. The topological polar surface area (TPSA) is 91.1 Å². The number of hydrogen-bond acceptors (Lipinski definition) is 3. The molecule has 5 nitrogen and oxygen atoms in total. The second kappa shape index (κ2) is 5.31. The van der Waals surface area contributed by atoms with E-state index in [1.165, 1.54) is 4.57 Å². The van der Waals surface area contributed by atoms with E-state index in [0.717, 1.165) is 4.47 Å². The molecule has 1 aromatic heterocycles. The number of nitrogen functional groups attached to an aromatic ring is 1. The lowest BCUT2D eigenvalue weighted by Gasteiger charge is -2.07. The lowest BCUT2D eigenvalue weighted by molar-refractivity contribution is 0.0967. The van der Waals surface area contributed by atoms with Crippen molar-refractivity contribution in [1.82, 2.24) is 4.57 Å². The summed E-state index contributed by atoms with van der Waals surface area (Å²) < 4.78 is 2.19. The highest BCUT2D eigenvalue weighted by Crippen LogP contribution is 2.29. The largest absolute Gasteiger partial charge is 0.384 e. The fourth-order valence-electron chi connectivity index (χ4n) is 2.46. The standard InChI is InChI=1S/C16H12BrN3O2/c17-10-7-5-9(6-8-10)16(22)20-12-4-2-1-3-11(12)13(14(20)18)15(19)21/h1-8H,18H2,(H2,19,21). The SMILES string of the molecule is NC(=O)c1c(N)n(C(=O)c2ccc(Br)cc2)c2ccccc12. The Kier molecular flexibility index (Phi) is 3.46. The minimum absolute atomic E-state index is 0.0571. The monoisotopic (exact) mass is 357 g/mol. The third kappa shape index (κ3) is 2.17. The van der Waals surface area contributed by atoms with Crippen molar-refractivity contribution in [2.45, 2.75) is 0 Å². The molecule has 22 heavy (non-hydrogen) atoms. The molecule has 3 aromatic rings. The minimum atomic E-state index is -0.656. The Morgan fingerprint density at radius 2 is 1.64 bits per heavy atom. The van der Waals surface area contributed by atoms with Gasteiger partial charge in [-0.25, -0.2) is 0 Å². The van der Waals surface area contributed by atoms with Crippen LogP contribution in [-0.4, -0.2) is 16.4 Å². The quantitative estimate of drug-likeness (QED) is 0.738. The van der Waals surface area contributed by atoms with Gasteiger partial charge in [0.25, 0.3) is 11.8 Å². The number of fused-ring (bicyclic) bond motifs is 1. The van der Waals surface area contributed by atoms with Crippen LogP contribution in [0.25, 0.3) is 10.9 Å². The number of primary amides is 1. The number of hydrogen-bond donors (Lipinski definition) is 2. The van der Waals surface area contributed by atoms with E-state index in [9.17, 15) is 9.59 Å². The molecule has 0 saturated heterocycles. The number of para-hydroxylation sites is 1. The average Bonchev–Trinajstić information content (AvgIpc) is 2.79. The molecule has 0 bridgehead atoms. The van der Waals surface area contributed by atoms with Gasteiger partial charge in [-0.05, 0) is 30.3 Å². The number of benzene rings is 2. The number of nitrogens with zero attached hydrogens (tertiary/aromatic N) is 1. The van der Waals surface area contributed by atoms with Crippen molar-refractivity contribution in [3.05, 3.63) is 64.1 Å². The molecule has 0 radical (unpaired) electrons. The fourth-order valence-corrected chi connectivity index (χ4v) is 2.72. The van der Waals surface area contributed by atoms with Gasteiger partial charge in [-0.15, -0.1) is 0 Å². The van der Waals surface area contributed by atoms with E-state index in [-0.39, 0.29) is 17.3 Å². The third-order valence-corrected chi connectivity index (χ3v) is 3.98. The minimum Gasteiger partial charge on any atom is -0.384 e. The van der Waals surface area contributed by atoms with E-state index in [1.54, 1.807) is 48.5 Å². The Hall–Kier alpha value is -2.60. The molecule has 0 aliphatic heterocycles. The van der Waals surface area contributed by atoms with Crippen LogP contribution in [-0.2, 0) is 0 Å². The van der Waals surface area contributed by atoms with Gasteiger partial charge in [0, 0.05) is 15.4 Å².